The Hall–Kier alpha value is 0.0169. The predicted octanol–water partition coefficient (Wildman–Crippen LogP) is 2.09. The van der Waals surface area contributed by atoms with E-state index < -0.39 is 8.80 Å². The highest BCUT2D eigenvalue weighted by Crippen LogP contribution is 2.23. The molecule has 1 rings (SSSR count). The maximum Gasteiger partial charge on any atom is 0.500 e. The summed E-state index contributed by atoms with van der Waals surface area (Å²) in [5.74, 6) is 0.531. The Labute approximate surface area is 117 Å². The van der Waals surface area contributed by atoms with Crippen LogP contribution >= 0.6 is 0 Å². The molecule has 0 aliphatic carbocycles. The fraction of sp³-hybridized carbons (Fsp3) is 1.00. The Morgan fingerprint density at radius 1 is 1.21 bits per heavy atom. The molecule has 0 radical (unpaired) electrons. The van der Waals surface area contributed by atoms with E-state index >= 15 is 0 Å². The zero-order chi connectivity index (χ0) is 14.1. The minimum atomic E-state index is -2.43. The Bertz CT molecular complexity index is 223. The molecule has 1 heterocycles. The number of rotatable bonds is 11. The second-order valence-corrected chi connectivity index (χ2v) is 7.93. The van der Waals surface area contributed by atoms with Crippen molar-refractivity contribution in [1.82, 2.24) is 0 Å². The van der Waals surface area contributed by atoms with Crippen LogP contribution in [0.1, 0.15) is 26.2 Å². The van der Waals surface area contributed by atoms with E-state index in [0.717, 1.165) is 32.1 Å². The summed E-state index contributed by atoms with van der Waals surface area (Å²) in [6, 6.07) is 0.785. The topological polar surface area (TPSA) is 46.2 Å². The third-order valence-corrected chi connectivity index (χ3v) is 6.65. The lowest BCUT2D eigenvalue weighted by Crippen LogP contribution is -2.42. The first-order chi connectivity index (χ1) is 9.21. The Balaban J connectivity index is 2.12. The third-order valence-electron chi connectivity index (χ3n) is 3.82. The molecule has 2 atom stereocenters. The lowest BCUT2D eigenvalue weighted by Gasteiger charge is -2.33. The van der Waals surface area contributed by atoms with E-state index in [1.54, 1.807) is 21.3 Å². The molecule has 2 unspecified atom stereocenters. The lowest BCUT2D eigenvalue weighted by atomic mass is 9.95. The molecule has 19 heavy (non-hydrogen) atoms. The van der Waals surface area contributed by atoms with Gasteiger partial charge < -0.3 is 22.8 Å². The van der Waals surface area contributed by atoms with Crippen LogP contribution in [-0.4, -0.2) is 56.1 Å². The molecule has 114 valence electrons. The van der Waals surface area contributed by atoms with Crippen molar-refractivity contribution in [2.45, 2.75) is 38.3 Å². The first-order valence-corrected chi connectivity index (χ1v) is 8.99. The van der Waals surface area contributed by atoms with Gasteiger partial charge in [0.15, 0.2) is 0 Å². The van der Waals surface area contributed by atoms with Crippen molar-refractivity contribution in [2.24, 2.45) is 5.92 Å². The maximum absolute atomic E-state index is 5.75. The van der Waals surface area contributed by atoms with Crippen LogP contribution in [-0.2, 0) is 22.8 Å². The van der Waals surface area contributed by atoms with Gasteiger partial charge in [0.2, 0.25) is 0 Å². The molecule has 0 aromatic rings. The maximum atomic E-state index is 5.75. The van der Waals surface area contributed by atoms with E-state index in [-0.39, 0.29) is 0 Å². The summed E-state index contributed by atoms with van der Waals surface area (Å²) < 4.78 is 27.4. The van der Waals surface area contributed by atoms with Crippen LogP contribution in [0.15, 0.2) is 0 Å². The minimum absolute atomic E-state index is 0.412. The van der Waals surface area contributed by atoms with Crippen molar-refractivity contribution in [3.63, 3.8) is 0 Å². The Morgan fingerprint density at radius 2 is 1.84 bits per heavy atom. The van der Waals surface area contributed by atoms with Gasteiger partial charge in [0.1, 0.15) is 0 Å². The highest BCUT2D eigenvalue weighted by Gasteiger charge is 2.36. The molecular weight excluding hydrogens is 264 g/mol. The summed E-state index contributed by atoms with van der Waals surface area (Å²) in [5, 5.41) is 0. The zero-order valence-corrected chi connectivity index (χ0v) is 13.6. The first-order valence-electron chi connectivity index (χ1n) is 7.06. The van der Waals surface area contributed by atoms with Gasteiger partial charge in [-0.2, -0.15) is 0 Å². The molecule has 0 aromatic heterocycles. The van der Waals surface area contributed by atoms with Gasteiger partial charge in [0, 0.05) is 46.5 Å². The zero-order valence-electron chi connectivity index (χ0n) is 12.6. The van der Waals surface area contributed by atoms with E-state index in [2.05, 4.69) is 6.92 Å². The van der Waals surface area contributed by atoms with Crippen LogP contribution in [0.3, 0.4) is 0 Å². The van der Waals surface area contributed by atoms with E-state index in [1.165, 1.54) is 6.42 Å². The highest BCUT2D eigenvalue weighted by molar-refractivity contribution is 6.60. The summed E-state index contributed by atoms with van der Waals surface area (Å²) in [4.78, 5) is 0. The van der Waals surface area contributed by atoms with Crippen LogP contribution in [0, 0.1) is 5.92 Å². The van der Waals surface area contributed by atoms with Gasteiger partial charge in [-0.15, -0.1) is 0 Å². The molecule has 6 heteroatoms. The average molecular weight is 292 g/mol. The SMILES string of the molecule is CCC(COCCC[Si](OC)(OC)OC)C1CCO1. The number of ether oxygens (including phenoxy) is 2. The van der Waals surface area contributed by atoms with E-state index in [9.17, 15) is 0 Å². The highest BCUT2D eigenvalue weighted by atomic mass is 28.4. The molecular formula is C13H28O5Si. The van der Waals surface area contributed by atoms with Crippen molar-refractivity contribution in [2.75, 3.05) is 41.2 Å². The molecule has 0 N–H and O–H groups in total. The minimum Gasteiger partial charge on any atom is -0.381 e. The van der Waals surface area contributed by atoms with Crippen LogP contribution in [0.25, 0.3) is 0 Å². The van der Waals surface area contributed by atoms with Gasteiger partial charge in [-0.1, -0.05) is 6.92 Å². The van der Waals surface area contributed by atoms with Crippen LogP contribution in [0.2, 0.25) is 6.04 Å². The predicted molar refractivity (Wildman–Crippen MR) is 75.2 cm³/mol. The molecule has 5 nitrogen and oxygen atoms in total. The van der Waals surface area contributed by atoms with Crippen molar-refractivity contribution in [3.05, 3.63) is 0 Å². The first kappa shape index (κ1) is 17.1. The standard InChI is InChI=1S/C13H28O5Si/c1-5-12(13-7-9-18-13)11-17-8-6-10-19(14-2,15-3)16-4/h12-13H,5-11H2,1-4H3. The number of hydrogen-bond donors (Lipinski definition) is 0. The van der Waals surface area contributed by atoms with Gasteiger partial charge in [-0.05, 0) is 19.3 Å². The largest absolute Gasteiger partial charge is 0.500 e. The molecule has 0 amide bonds. The fourth-order valence-electron chi connectivity index (χ4n) is 2.30. The third kappa shape index (κ3) is 5.13. The van der Waals surface area contributed by atoms with Gasteiger partial charge >= 0.3 is 8.80 Å². The van der Waals surface area contributed by atoms with E-state index in [1.807, 2.05) is 0 Å². The Kier molecular flexibility index (Phi) is 8.13. The van der Waals surface area contributed by atoms with Gasteiger partial charge in [-0.3, -0.25) is 0 Å². The summed E-state index contributed by atoms with van der Waals surface area (Å²) in [6.45, 7) is 4.59. The van der Waals surface area contributed by atoms with Gasteiger partial charge in [-0.25, -0.2) is 0 Å². The molecule has 1 aliphatic rings. The Morgan fingerprint density at radius 3 is 2.26 bits per heavy atom. The lowest BCUT2D eigenvalue weighted by molar-refractivity contribution is -0.103. The van der Waals surface area contributed by atoms with Gasteiger partial charge in [0.25, 0.3) is 0 Å². The molecule has 0 aromatic carbocycles. The van der Waals surface area contributed by atoms with Crippen molar-refractivity contribution in [1.29, 1.82) is 0 Å². The van der Waals surface area contributed by atoms with Crippen LogP contribution in [0.4, 0.5) is 0 Å². The summed E-state index contributed by atoms with van der Waals surface area (Å²) >= 11 is 0. The average Bonchev–Trinajstić information content (AvgIpc) is 2.40. The van der Waals surface area contributed by atoms with Crippen LogP contribution in [0.5, 0.6) is 0 Å². The van der Waals surface area contributed by atoms with Crippen molar-refractivity contribution < 1.29 is 22.8 Å². The monoisotopic (exact) mass is 292 g/mol. The van der Waals surface area contributed by atoms with Crippen molar-refractivity contribution in [3.8, 4) is 0 Å². The van der Waals surface area contributed by atoms with Crippen LogP contribution < -0.4 is 0 Å². The normalized spacial score (nSPS) is 21.2. The second kappa shape index (κ2) is 9.04. The number of hydrogen-bond acceptors (Lipinski definition) is 5. The summed E-state index contributed by atoms with van der Waals surface area (Å²) in [7, 11) is 2.49. The molecule has 1 fully saturated rings. The van der Waals surface area contributed by atoms with E-state index in [0.29, 0.717) is 18.6 Å². The molecule has 0 saturated carbocycles. The second-order valence-electron chi connectivity index (χ2n) is 4.84. The fourth-order valence-corrected chi connectivity index (χ4v) is 3.99. The van der Waals surface area contributed by atoms with E-state index in [4.69, 9.17) is 22.8 Å². The van der Waals surface area contributed by atoms with Crippen molar-refractivity contribution >= 4 is 8.80 Å². The van der Waals surface area contributed by atoms with Gasteiger partial charge in [0.05, 0.1) is 12.7 Å². The smallest absolute Gasteiger partial charge is 0.381 e. The molecule has 0 bridgehead atoms. The molecule has 1 aliphatic heterocycles. The molecule has 1 saturated heterocycles. The quantitative estimate of drug-likeness (QED) is 0.431. The summed E-state index contributed by atoms with van der Waals surface area (Å²) in [6.07, 6.45) is 3.59. The summed E-state index contributed by atoms with van der Waals surface area (Å²) in [5.41, 5.74) is 0. The molecule has 0 spiro atoms.